The van der Waals surface area contributed by atoms with Crippen molar-refractivity contribution in [1.82, 2.24) is 15.1 Å². The van der Waals surface area contributed by atoms with Crippen molar-refractivity contribution < 1.29 is 0 Å². The normalized spacial score (nSPS) is 22.6. The number of nitrogens with zero attached hydrogens (tertiary/aromatic N) is 3. The van der Waals surface area contributed by atoms with Crippen LogP contribution in [0.5, 0.6) is 0 Å². The summed E-state index contributed by atoms with van der Waals surface area (Å²) in [4.78, 5) is 14.4. The van der Waals surface area contributed by atoms with Crippen LogP contribution >= 0.6 is 11.6 Å². The van der Waals surface area contributed by atoms with Crippen LogP contribution in [0, 0.1) is 0 Å². The minimum atomic E-state index is -0.208. The monoisotopic (exact) mass is 312 g/mol. The van der Waals surface area contributed by atoms with Gasteiger partial charge in [-0.15, -0.1) is 0 Å². The lowest BCUT2D eigenvalue weighted by Crippen LogP contribution is -2.40. The first-order valence-corrected chi connectivity index (χ1v) is 8.01. The molecule has 1 N–H and O–H groups in total. The Labute approximate surface area is 131 Å². The Morgan fingerprint density at radius 2 is 2.00 bits per heavy atom. The summed E-state index contributed by atoms with van der Waals surface area (Å²) in [5.41, 5.74) is 0.534. The molecule has 0 radical (unpaired) electrons. The van der Waals surface area contributed by atoms with Crippen LogP contribution in [0.1, 0.15) is 45.6 Å². The molecule has 0 unspecified atom stereocenters. The average Bonchev–Trinajstić information content (AvgIpc) is 2.49. The molecule has 2 rings (SSSR count). The maximum absolute atomic E-state index is 12.2. The lowest BCUT2D eigenvalue weighted by atomic mass is 9.90. The van der Waals surface area contributed by atoms with Gasteiger partial charge in [0.1, 0.15) is 5.02 Å². The fourth-order valence-corrected chi connectivity index (χ4v) is 3.27. The van der Waals surface area contributed by atoms with Crippen molar-refractivity contribution in [3.05, 3.63) is 21.6 Å². The van der Waals surface area contributed by atoms with Crippen molar-refractivity contribution in [3.8, 4) is 0 Å². The van der Waals surface area contributed by atoms with Crippen LogP contribution in [-0.4, -0.2) is 36.0 Å². The zero-order chi connectivity index (χ0) is 15.6. The van der Waals surface area contributed by atoms with E-state index < -0.39 is 0 Å². The summed E-state index contributed by atoms with van der Waals surface area (Å²) in [7, 11) is 4.02. The largest absolute Gasteiger partial charge is 0.369 e. The first kappa shape index (κ1) is 16.3. The van der Waals surface area contributed by atoms with Crippen molar-refractivity contribution in [3.63, 3.8) is 0 Å². The predicted molar refractivity (Wildman–Crippen MR) is 87.4 cm³/mol. The van der Waals surface area contributed by atoms with E-state index in [4.69, 9.17) is 11.6 Å². The molecule has 1 aromatic heterocycles. The molecule has 21 heavy (non-hydrogen) atoms. The van der Waals surface area contributed by atoms with Crippen LogP contribution in [-0.2, 0) is 0 Å². The van der Waals surface area contributed by atoms with E-state index in [1.165, 1.54) is 4.68 Å². The summed E-state index contributed by atoms with van der Waals surface area (Å²) in [6.45, 7) is 3.85. The molecule has 1 heterocycles. The smallest absolute Gasteiger partial charge is 0.287 e. The molecule has 118 valence electrons. The molecule has 1 aromatic rings. The van der Waals surface area contributed by atoms with Crippen molar-refractivity contribution >= 4 is 17.3 Å². The molecule has 5 nitrogen and oxygen atoms in total. The molecule has 0 spiro atoms. The lowest BCUT2D eigenvalue weighted by molar-refractivity contribution is 0.351. The quantitative estimate of drug-likeness (QED) is 0.928. The number of aromatic nitrogens is 2. The summed E-state index contributed by atoms with van der Waals surface area (Å²) >= 11 is 6.29. The Bertz CT molecular complexity index is 535. The van der Waals surface area contributed by atoms with Crippen molar-refractivity contribution in [2.75, 3.05) is 19.0 Å². The molecule has 0 bridgehead atoms. The first-order valence-electron chi connectivity index (χ1n) is 7.63. The molecule has 1 fully saturated rings. The van der Waals surface area contributed by atoms with Gasteiger partial charge < -0.3 is 10.2 Å². The highest BCUT2D eigenvalue weighted by molar-refractivity contribution is 6.33. The van der Waals surface area contributed by atoms with Crippen LogP contribution in [0.2, 0.25) is 5.02 Å². The number of hydrogen-bond acceptors (Lipinski definition) is 4. The van der Waals surface area contributed by atoms with Crippen LogP contribution in [0.15, 0.2) is 11.0 Å². The third-order valence-corrected chi connectivity index (χ3v) is 4.80. The minimum Gasteiger partial charge on any atom is -0.369 e. The summed E-state index contributed by atoms with van der Waals surface area (Å²) in [5.74, 6) is 0. The van der Waals surface area contributed by atoms with E-state index in [0.717, 1.165) is 31.4 Å². The number of anilines is 1. The third-order valence-electron chi connectivity index (χ3n) is 4.45. The highest BCUT2D eigenvalue weighted by Gasteiger charge is 2.25. The van der Waals surface area contributed by atoms with E-state index in [1.807, 2.05) is 27.9 Å². The summed E-state index contributed by atoms with van der Waals surface area (Å²) in [6.07, 6.45) is 6.23. The van der Waals surface area contributed by atoms with E-state index in [2.05, 4.69) is 15.3 Å². The minimum absolute atomic E-state index is 0.0143. The van der Waals surface area contributed by atoms with Gasteiger partial charge in [0.2, 0.25) is 0 Å². The second-order valence-corrected chi connectivity index (χ2v) is 6.47. The molecule has 1 aliphatic carbocycles. The second-order valence-electron chi connectivity index (χ2n) is 6.09. The molecule has 0 aromatic carbocycles. The fourth-order valence-electron chi connectivity index (χ4n) is 3.00. The van der Waals surface area contributed by atoms with Gasteiger partial charge in [-0.05, 0) is 46.6 Å². The molecule has 0 amide bonds. The molecule has 0 saturated heterocycles. The Kier molecular flexibility index (Phi) is 5.27. The Hall–Kier alpha value is -1.07. The SMILES string of the molecule is CNC1CCC(N(C)c2cnn(C(C)C)c(=O)c2Cl)CC1. The van der Waals surface area contributed by atoms with Gasteiger partial charge in [0.25, 0.3) is 5.56 Å². The molecule has 1 aliphatic rings. The van der Waals surface area contributed by atoms with Gasteiger partial charge in [-0.1, -0.05) is 11.6 Å². The molecule has 1 saturated carbocycles. The van der Waals surface area contributed by atoms with E-state index in [-0.39, 0.29) is 16.6 Å². The van der Waals surface area contributed by atoms with Crippen LogP contribution in [0.3, 0.4) is 0 Å². The van der Waals surface area contributed by atoms with Crippen molar-refractivity contribution in [2.45, 2.75) is 57.7 Å². The Morgan fingerprint density at radius 1 is 1.38 bits per heavy atom. The van der Waals surface area contributed by atoms with E-state index in [0.29, 0.717) is 12.1 Å². The van der Waals surface area contributed by atoms with E-state index in [1.54, 1.807) is 6.20 Å². The second kappa shape index (κ2) is 6.79. The highest BCUT2D eigenvalue weighted by Crippen LogP contribution is 2.29. The lowest BCUT2D eigenvalue weighted by Gasteiger charge is -2.36. The van der Waals surface area contributed by atoms with Gasteiger partial charge in [-0.25, -0.2) is 4.68 Å². The molecular weight excluding hydrogens is 288 g/mol. The topological polar surface area (TPSA) is 50.2 Å². The summed E-state index contributed by atoms with van der Waals surface area (Å²) in [6, 6.07) is 1.04. The fraction of sp³-hybridized carbons (Fsp3) is 0.733. The number of rotatable bonds is 4. The molecule has 0 atom stereocenters. The third kappa shape index (κ3) is 3.40. The van der Waals surface area contributed by atoms with E-state index >= 15 is 0 Å². The summed E-state index contributed by atoms with van der Waals surface area (Å²) < 4.78 is 1.43. The zero-order valence-corrected chi connectivity index (χ0v) is 14.0. The molecule has 0 aliphatic heterocycles. The number of hydrogen-bond donors (Lipinski definition) is 1. The van der Waals surface area contributed by atoms with Crippen molar-refractivity contribution in [1.29, 1.82) is 0 Å². The highest BCUT2D eigenvalue weighted by atomic mass is 35.5. The van der Waals surface area contributed by atoms with Gasteiger partial charge in [-0.2, -0.15) is 5.10 Å². The Balaban J connectivity index is 2.19. The van der Waals surface area contributed by atoms with E-state index in [9.17, 15) is 4.79 Å². The van der Waals surface area contributed by atoms with Gasteiger partial charge in [0, 0.05) is 19.1 Å². The Morgan fingerprint density at radius 3 is 2.52 bits per heavy atom. The van der Waals surface area contributed by atoms with Crippen LogP contribution in [0.25, 0.3) is 0 Å². The van der Waals surface area contributed by atoms with Crippen LogP contribution in [0.4, 0.5) is 5.69 Å². The van der Waals surface area contributed by atoms with Gasteiger partial charge in [0.05, 0.1) is 17.9 Å². The van der Waals surface area contributed by atoms with Gasteiger partial charge >= 0.3 is 0 Å². The number of halogens is 1. The van der Waals surface area contributed by atoms with Crippen LogP contribution < -0.4 is 15.8 Å². The van der Waals surface area contributed by atoms with Gasteiger partial charge in [0.15, 0.2) is 0 Å². The predicted octanol–water partition coefficient (Wildman–Crippen LogP) is 2.44. The average molecular weight is 313 g/mol. The molecular formula is C15H25ClN4O. The van der Waals surface area contributed by atoms with Gasteiger partial charge in [-0.3, -0.25) is 4.79 Å². The maximum Gasteiger partial charge on any atom is 0.287 e. The zero-order valence-electron chi connectivity index (χ0n) is 13.3. The summed E-state index contributed by atoms with van der Waals surface area (Å²) in [5, 5.41) is 7.86. The first-order chi connectivity index (χ1) is 9.95. The number of nitrogens with one attached hydrogen (secondary N) is 1. The molecule has 6 heteroatoms. The maximum atomic E-state index is 12.2. The standard InChI is InChI=1S/C15H25ClN4O/c1-10(2)20-15(21)14(16)13(9-18-20)19(4)12-7-5-11(17-3)6-8-12/h9-12,17H,5-8H2,1-4H3. The van der Waals surface area contributed by atoms with Crippen molar-refractivity contribution in [2.24, 2.45) is 0 Å².